The van der Waals surface area contributed by atoms with Crippen LogP contribution in [0.15, 0.2) is 42.6 Å². The van der Waals surface area contributed by atoms with Crippen LogP contribution in [0, 0.1) is 6.07 Å². The second-order valence-electron chi connectivity index (χ2n) is 7.05. The van der Waals surface area contributed by atoms with Crippen molar-refractivity contribution in [2.24, 2.45) is 0 Å². The van der Waals surface area contributed by atoms with Crippen LogP contribution in [0.3, 0.4) is 0 Å². The van der Waals surface area contributed by atoms with Crippen LogP contribution in [0.5, 0.6) is 0 Å². The van der Waals surface area contributed by atoms with Crippen molar-refractivity contribution in [2.75, 3.05) is 18.5 Å². The first-order chi connectivity index (χ1) is 12.3. The molecule has 0 amide bonds. The molecule has 1 aromatic heterocycles. The Labute approximate surface area is 175 Å². The van der Waals surface area contributed by atoms with Crippen LogP contribution in [0.4, 0.5) is 0 Å². The third-order valence-electron chi connectivity index (χ3n) is 5.09. The van der Waals surface area contributed by atoms with Crippen molar-refractivity contribution in [3.63, 3.8) is 0 Å². The molecule has 1 nitrogen and oxygen atoms in total. The number of hydrogen-bond donors (Lipinski definition) is 0. The topological polar surface area (TPSA) is 12.9 Å². The Balaban J connectivity index is 0.00000338. The fourth-order valence-electron chi connectivity index (χ4n) is 3.52. The van der Waals surface area contributed by atoms with Gasteiger partial charge in [0, 0.05) is 38.9 Å². The van der Waals surface area contributed by atoms with Gasteiger partial charge in [0.05, 0.1) is 18.5 Å². The van der Waals surface area contributed by atoms with Crippen molar-refractivity contribution in [3.8, 4) is 11.3 Å². The fraction of sp³-hybridized carbons (Fsp3) is 0.522. The van der Waals surface area contributed by atoms with Gasteiger partial charge in [-0.05, 0) is 31.0 Å². The molecule has 0 aliphatic rings. The molecule has 0 fully saturated rings. The van der Waals surface area contributed by atoms with Gasteiger partial charge in [-0.15, -0.1) is 29.8 Å². The molecular formula is C23H34IrNP. The molecule has 1 radical (unpaired) electrons. The Morgan fingerprint density at radius 1 is 0.885 bits per heavy atom. The minimum Gasteiger partial charge on any atom is -0.305 e. The largest absolute Gasteiger partial charge is 0.305 e. The van der Waals surface area contributed by atoms with Crippen molar-refractivity contribution in [1.29, 1.82) is 0 Å². The molecule has 1 aromatic carbocycles. The van der Waals surface area contributed by atoms with Gasteiger partial charge in [0.25, 0.3) is 0 Å². The van der Waals surface area contributed by atoms with E-state index in [1.807, 2.05) is 12.3 Å². The molecule has 0 aliphatic heterocycles. The van der Waals surface area contributed by atoms with Gasteiger partial charge in [-0.2, -0.15) is 0 Å². The number of hydrogen-bond acceptors (Lipinski definition) is 1. The summed E-state index contributed by atoms with van der Waals surface area (Å²) in [6.45, 7) is 6.98. The van der Waals surface area contributed by atoms with Crippen LogP contribution in [0.1, 0.15) is 59.3 Å². The van der Waals surface area contributed by atoms with Gasteiger partial charge in [0.1, 0.15) is 0 Å². The van der Waals surface area contributed by atoms with Crippen molar-refractivity contribution < 1.29 is 20.1 Å². The Kier molecular flexibility index (Phi) is 11.5. The van der Waals surface area contributed by atoms with E-state index in [2.05, 4.69) is 62.2 Å². The minimum absolute atomic E-state index is 0. The van der Waals surface area contributed by atoms with Crippen molar-refractivity contribution in [2.45, 2.75) is 59.3 Å². The van der Waals surface area contributed by atoms with E-state index in [9.17, 15) is 0 Å². The van der Waals surface area contributed by atoms with Crippen LogP contribution in [0.25, 0.3) is 11.3 Å². The zero-order valence-electron chi connectivity index (χ0n) is 16.6. The van der Waals surface area contributed by atoms with Crippen molar-refractivity contribution in [1.82, 2.24) is 4.98 Å². The molecule has 26 heavy (non-hydrogen) atoms. The van der Waals surface area contributed by atoms with E-state index in [1.165, 1.54) is 57.0 Å². The maximum Gasteiger partial charge on any atom is 0.0625 e. The predicted octanol–water partition coefficient (Wildman–Crippen LogP) is 6.59. The Morgan fingerprint density at radius 2 is 1.50 bits per heavy atom. The first-order valence-electron chi connectivity index (χ1n) is 10.1. The van der Waals surface area contributed by atoms with Crippen LogP contribution in [0.2, 0.25) is 0 Å². The smallest absolute Gasteiger partial charge is 0.0625 e. The quantitative estimate of drug-likeness (QED) is 0.229. The molecule has 0 aliphatic carbocycles. The van der Waals surface area contributed by atoms with E-state index in [0.29, 0.717) is 0 Å². The second-order valence-corrected chi connectivity index (χ2v) is 11.2. The SMILES string of the molecule is CCCC[P+](CCCC)(CCCC)c1cc[c-]c(-c2ccccn2)c1.[Ir]. The van der Waals surface area contributed by atoms with Crippen LogP contribution in [-0.4, -0.2) is 23.5 Å². The summed E-state index contributed by atoms with van der Waals surface area (Å²) >= 11 is 0. The number of benzene rings is 1. The summed E-state index contributed by atoms with van der Waals surface area (Å²) in [5, 5.41) is 1.61. The van der Waals surface area contributed by atoms with Gasteiger partial charge < -0.3 is 4.98 Å². The van der Waals surface area contributed by atoms with Gasteiger partial charge in [0.15, 0.2) is 0 Å². The van der Waals surface area contributed by atoms with Gasteiger partial charge in [-0.3, -0.25) is 0 Å². The normalized spacial score (nSPS) is 11.2. The van der Waals surface area contributed by atoms with Crippen molar-refractivity contribution in [3.05, 3.63) is 48.7 Å². The first kappa shape index (κ1) is 23.5. The molecule has 0 bridgehead atoms. The summed E-state index contributed by atoms with van der Waals surface area (Å²) in [4.78, 5) is 4.54. The third-order valence-corrected chi connectivity index (χ3v) is 9.98. The standard InChI is InChI=1S/C23H34NP.Ir/c1-4-7-17-25(18-8-5-2,19-9-6-3)22-14-12-13-21(20-22)23-15-10-11-16-24-23;/h10-12,14-16,20H,4-9,17-19H2,1-3H3;. The van der Waals surface area contributed by atoms with Gasteiger partial charge >= 0.3 is 0 Å². The molecular weight excluding hydrogens is 513 g/mol. The number of unbranched alkanes of at least 4 members (excludes halogenated alkanes) is 3. The summed E-state index contributed by atoms with van der Waals surface area (Å²) in [6.07, 6.45) is 14.1. The molecule has 2 aromatic rings. The predicted molar refractivity (Wildman–Crippen MR) is 114 cm³/mol. The minimum atomic E-state index is -1.09. The molecule has 1 heterocycles. The van der Waals surface area contributed by atoms with E-state index in [0.717, 1.165) is 11.3 Å². The molecule has 0 N–H and O–H groups in total. The monoisotopic (exact) mass is 548 g/mol. The summed E-state index contributed by atoms with van der Waals surface area (Å²) in [5.41, 5.74) is 2.20. The van der Waals surface area contributed by atoms with Gasteiger partial charge in [-0.1, -0.05) is 52.2 Å². The van der Waals surface area contributed by atoms with Gasteiger partial charge in [-0.25, -0.2) is 0 Å². The molecule has 0 saturated carbocycles. The summed E-state index contributed by atoms with van der Waals surface area (Å²) in [6, 6.07) is 16.5. The number of nitrogens with zero attached hydrogens (tertiary/aromatic N) is 1. The Bertz CT molecular complexity index is 593. The third kappa shape index (κ3) is 6.56. The zero-order valence-corrected chi connectivity index (χ0v) is 19.9. The van der Waals surface area contributed by atoms with Crippen LogP contribution >= 0.6 is 7.26 Å². The molecule has 2 rings (SSSR count). The number of pyridine rings is 1. The summed E-state index contributed by atoms with van der Waals surface area (Å²) in [7, 11) is -1.09. The maximum absolute atomic E-state index is 4.54. The average Bonchev–Trinajstić information content (AvgIpc) is 2.68. The molecule has 0 spiro atoms. The molecule has 145 valence electrons. The molecule has 3 heteroatoms. The van der Waals surface area contributed by atoms with Crippen LogP contribution < -0.4 is 5.30 Å². The molecule has 0 saturated heterocycles. The molecule has 0 unspecified atom stereocenters. The van der Waals surface area contributed by atoms with E-state index in [4.69, 9.17) is 0 Å². The van der Waals surface area contributed by atoms with E-state index < -0.39 is 7.26 Å². The van der Waals surface area contributed by atoms with E-state index >= 15 is 0 Å². The summed E-state index contributed by atoms with van der Waals surface area (Å²) in [5.74, 6) is 0. The fourth-order valence-corrected chi connectivity index (χ4v) is 8.53. The van der Waals surface area contributed by atoms with E-state index in [1.54, 1.807) is 5.30 Å². The maximum atomic E-state index is 4.54. The number of aromatic nitrogens is 1. The average molecular weight is 548 g/mol. The summed E-state index contributed by atoms with van der Waals surface area (Å²) < 4.78 is 0. The Morgan fingerprint density at radius 3 is 2.00 bits per heavy atom. The molecule has 0 atom stereocenters. The van der Waals surface area contributed by atoms with E-state index in [-0.39, 0.29) is 20.1 Å². The number of rotatable bonds is 11. The zero-order chi connectivity index (χ0) is 18.0. The first-order valence-corrected chi connectivity index (χ1v) is 12.4. The van der Waals surface area contributed by atoms with Crippen molar-refractivity contribution >= 4 is 12.6 Å². The van der Waals surface area contributed by atoms with Crippen LogP contribution in [-0.2, 0) is 20.1 Å². The Hall–Kier alpha value is -0.551. The second kappa shape index (κ2) is 12.8. The van der Waals surface area contributed by atoms with Gasteiger partial charge in [0.2, 0.25) is 0 Å².